The van der Waals surface area contributed by atoms with Gasteiger partial charge in [0, 0.05) is 45.0 Å². The highest BCUT2D eigenvalue weighted by Crippen LogP contribution is 2.27. The van der Waals surface area contributed by atoms with E-state index in [1.165, 1.54) is 12.1 Å². The maximum atomic E-state index is 5.43. The van der Waals surface area contributed by atoms with Crippen LogP contribution in [0.1, 0.15) is 24.2 Å². The molecule has 3 heterocycles. The van der Waals surface area contributed by atoms with Crippen LogP contribution < -0.4 is 4.90 Å². The molecule has 6 heteroatoms. The van der Waals surface area contributed by atoms with Crippen LogP contribution >= 0.6 is 0 Å². The van der Waals surface area contributed by atoms with Crippen molar-refractivity contribution in [1.82, 2.24) is 19.9 Å². The molecule has 0 radical (unpaired) electrons. The summed E-state index contributed by atoms with van der Waals surface area (Å²) in [5.41, 5.74) is 1.35. The minimum absolute atomic E-state index is 0.210. The van der Waals surface area contributed by atoms with Crippen molar-refractivity contribution in [3.05, 3.63) is 42.0 Å². The molecule has 1 aromatic carbocycles. The van der Waals surface area contributed by atoms with Crippen LogP contribution in [-0.4, -0.2) is 66.3 Å². The van der Waals surface area contributed by atoms with E-state index in [0.29, 0.717) is 0 Å². The van der Waals surface area contributed by atoms with E-state index < -0.39 is 0 Å². The standard InChI is InChI=1S/C19H27N5O/c1-15-20-19(25-21-15)18-14-23(11-10-22(18)2)12-16-8-9-24(13-16)17-6-4-3-5-7-17/h3-7,16,18H,8-14H2,1-2H3/t16-,18-/m0/s1. The Morgan fingerprint density at radius 1 is 1.12 bits per heavy atom. The maximum absolute atomic E-state index is 5.43. The predicted octanol–water partition coefficient (Wildman–Crippen LogP) is 2.19. The lowest BCUT2D eigenvalue weighted by Crippen LogP contribution is -2.48. The third kappa shape index (κ3) is 3.70. The van der Waals surface area contributed by atoms with Gasteiger partial charge in [-0.05, 0) is 38.4 Å². The number of likely N-dealkylation sites (N-methyl/N-ethyl adjacent to an activating group) is 1. The molecule has 0 bridgehead atoms. The van der Waals surface area contributed by atoms with Crippen molar-refractivity contribution in [2.24, 2.45) is 5.92 Å². The molecule has 6 nitrogen and oxygen atoms in total. The van der Waals surface area contributed by atoms with E-state index in [4.69, 9.17) is 4.52 Å². The van der Waals surface area contributed by atoms with Crippen LogP contribution in [0.3, 0.4) is 0 Å². The molecule has 0 saturated carbocycles. The topological polar surface area (TPSA) is 48.6 Å². The first-order valence-corrected chi connectivity index (χ1v) is 9.22. The largest absolute Gasteiger partial charge is 0.371 e. The van der Waals surface area contributed by atoms with Gasteiger partial charge in [-0.15, -0.1) is 0 Å². The van der Waals surface area contributed by atoms with Crippen molar-refractivity contribution in [3.8, 4) is 0 Å². The Morgan fingerprint density at radius 2 is 1.96 bits per heavy atom. The van der Waals surface area contributed by atoms with E-state index in [9.17, 15) is 0 Å². The molecule has 2 aliphatic heterocycles. The Labute approximate surface area is 149 Å². The van der Waals surface area contributed by atoms with E-state index >= 15 is 0 Å². The summed E-state index contributed by atoms with van der Waals surface area (Å²) in [4.78, 5) is 11.9. The lowest BCUT2D eigenvalue weighted by Gasteiger charge is -2.38. The summed E-state index contributed by atoms with van der Waals surface area (Å²) in [5.74, 6) is 2.20. The van der Waals surface area contributed by atoms with E-state index in [2.05, 4.69) is 62.2 Å². The lowest BCUT2D eigenvalue weighted by atomic mass is 10.1. The zero-order valence-corrected chi connectivity index (χ0v) is 15.1. The van der Waals surface area contributed by atoms with Crippen LogP contribution in [0.2, 0.25) is 0 Å². The number of para-hydroxylation sites is 1. The molecule has 2 atom stereocenters. The summed E-state index contributed by atoms with van der Waals surface area (Å²) in [6.07, 6.45) is 1.27. The third-order valence-electron chi connectivity index (χ3n) is 5.48. The molecule has 2 aromatic rings. The van der Waals surface area contributed by atoms with Crippen LogP contribution in [0.15, 0.2) is 34.9 Å². The smallest absolute Gasteiger partial charge is 0.245 e. The summed E-state index contributed by atoms with van der Waals surface area (Å²) in [6.45, 7) is 8.48. The van der Waals surface area contributed by atoms with Gasteiger partial charge in [-0.25, -0.2) is 0 Å². The molecule has 134 valence electrons. The lowest BCUT2D eigenvalue weighted by molar-refractivity contribution is 0.0678. The van der Waals surface area contributed by atoms with E-state index in [-0.39, 0.29) is 6.04 Å². The van der Waals surface area contributed by atoms with Crippen LogP contribution in [0, 0.1) is 12.8 Å². The number of piperazine rings is 1. The number of hydrogen-bond donors (Lipinski definition) is 0. The van der Waals surface area contributed by atoms with E-state index in [0.717, 1.165) is 56.9 Å². The zero-order valence-electron chi connectivity index (χ0n) is 15.1. The average Bonchev–Trinajstić information content (AvgIpc) is 3.27. The van der Waals surface area contributed by atoms with Crippen LogP contribution in [0.25, 0.3) is 0 Å². The molecule has 2 saturated heterocycles. The van der Waals surface area contributed by atoms with Gasteiger partial charge in [0.25, 0.3) is 0 Å². The Hall–Kier alpha value is -1.92. The summed E-state index contributed by atoms with van der Waals surface area (Å²) in [6, 6.07) is 11.0. The molecule has 0 aliphatic carbocycles. The van der Waals surface area contributed by atoms with Gasteiger partial charge in [0.15, 0.2) is 5.82 Å². The van der Waals surface area contributed by atoms with Gasteiger partial charge in [0.2, 0.25) is 5.89 Å². The summed E-state index contributed by atoms with van der Waals surface area (Å²) < 4.78 is 5.43. The monoisotopic (exact) mass is 341 g/mol. The number of nitrogens with zero attached hydrogens (tertiary/aromatic N) is 5. The molecule has 25 heavy (non-hydrogen) atoms. The molecule has 0 amide bonds. The van der Waals surface area contributed by atoms with Crippen LogP contribution in [0.5, 0.6) is 0 Å². The highest BCUT2D eigenvalue weighted by Gasteiger charge is 2.32. The van der Waals surface area contributed by atoms with E-state index in [1.54, 1.807) is 0 Å². The quantitative estimate of drug-likeness (QED) is 0.850. The molecule has 0 spiro atoms. The second-order valence-electron chi connectivity index (χ2n) is 7.37. The van der Waals surface area contributed by atoms with Gasteiger partial charge in [-0.2, -0.15) is 4.98 Å². The number of rotatable bonds is 4. The van der Waals surface area contributed by atoms with Gasteiger partial charge in [0.05, 0.1) is 0 Å². The molecular weight excluding hydrogens is 314 g/mol. The number of hydrogen-bond acceptors (Lipinski definition) is 6. The zero-order chi connectivity index (χ0) is 17.2. The molecule has 0 N–H and O–H groups in total. The summed E-state index contributed by atoms with van der Waals surface area (Å²) in [7, 11) is 2.15. The van der Waals surface area contributed by atoms with Crippen molar-refractivity contribution in [2.45, 2.75) is 19.4 Å². The number of aromatic nitrogens is 2. The van der Waals surface area contributed by atoms with Crippen molar-refractivity contribution >= 4 is 5.69 Å². The predicted molar refractivity (Wildman–Crippen MR) is 97.6 cm³/mol. The Balaban J connectivity index is 1.35. The molecular formula is C19H27N5O. The fourth-order valence-corrected chi connectivity index (χ4v) is 4.03. The van der Waals surface area contributed by atoms with E-state index in [1.807, 2.05) is 6.92 Å². The minimum Gasteiger partial charge on any atom is -0.371 e. The first-order chi connectivity index (χ1) is 12.2. The molecule has 4 rings (SSSR count). The molecule has 0 unspecified atom stereocenters. The number of benzene rings is 1. The van der Waals surface area contributed by atoms with Crippen molar-refractivity contribution in [3.63, 3.8) is 0 Å². The fourth-order valence-electron chi connectivity index (χ4n) is 4.03. The fraction of sp³-hybridized carbons (Fsp3) is 0.579. The third-order valence-corrected chi connectivity index (χ3v) is 5.48. The first kappa shape index (κ1) is 16.5. The van der Waals surface area contributed by atoms with Gasteiger partial charge in [0.1, 0.15) is 6.04 Å². The Kier molecular flexibility index (Phi) is 4.72. The van der Waals surface area contributed by atoms with Crippen LogP contribution in [-0.2, 0) is 0 Å². The maximum Gasteiger partial charge on any atom is 0.245 e. The average molecular weight is 341 g/mol. The highest BCUT2D eigenvalue weighted by molar-refractivity contribution is 5.46. The number of aryl methyl sites for hydroxylation is 1. The second-order valence-corrected chi connectivity index (χ2v) is 7.37. The van der Waals surface area contributed by atoms with Crippen molar-refractivity contribution in [2.75, 3.05) is 51.2 Å². The minimum atomic E-state index is 0.210. The van der Waals surface area contributed by atoms with Crippen molar-refractivity contribution in [1.29, 1.82) is 0 Å². The van der Waals surface area contributed by atoms with Gasteiger partial charge < -0.3 is 9.42 Å². The van der Waals surface area contributed by atoms with Gasteiger partial charge in [-0.3, -0.25) is 9.80 Å². The highest BCUT2D eigenvalue weighted by atomic mass is 16.5. The van der Waals surface area contributed by atoms with Gasteiger partial charge >= 0.3 is 0 Å². The summed E-state index contributed by atoms with van der Waals surface area (Å²) >= 11 is 0. The number of anilines is 1. The molecule has 1 aromatic heterocycles. The Bertz CT molecular complexity index is 688. The summed E-state index contributed by atoms with van der Waals surface area (Å²) in [5, 5.41) is 3.96. The van der Waals surface area contributed by atoms with Crippen LogP contribution in [0.4, 0.5) is 5.69 Å². The normalized spacial score (nSPS) is 25.6. The first-order valence-electron chi connectivity index (χ1n) is 9.22. The van der Waals surface area contributed by atoms with Gasteiger partial charge in [-0.1, -0.05) is 23.4 Å². The SMILES string of the molecule is Cc1noc([C@@H]2CN(C[C@@H]3CCN(c4ccccc4)C3)CCN2C)n1. The Morgan fingerprint density at radius 3 is 2.72 bits per heavy atom. The van der Waals surface area contributed by atoms with Crippen molar-refractivity contribution < 1.29 is 4.52 Å². The molecule has 2 aliphatic rings. The molecule has 2 fully saturated rings. The second kappa shape index (κ2) is 7.14.